The molecular weight excluding hydrogens is 385 g/mol. The minimum atomic E-state index is -0.485. The summed E-state index contributed by atoms with van der Waals surface area (Å²) in [7, 11) is 0. The SMILES string of the molecule is Cc1cc(C)n(Cc2cccc(C(=O)Nc3ccc(Br)cc3F)c2)n1. The zero-order chi connectivity index (χ0) is 18.0. The molecule has 0 saturated heterocycles. The number of anilines is 1. The number of rotatable bonds is 4. The second-order valence-electron chi connectivity index (χ2n) is 5.86. The summed E-state index contributed by atoms with van der Waals surface area (Å²) in [5.41, 5.74) is 3.59. The van der Waals surface area contributed by atoms with E-state index in [0.29, 0.717) is 16.6 Å². The molecule has 0 spiro atoms. The number of amides is 1. The molecule has 25 heavy (non-hydrogen) atoms. The Bertz CT molecular complexity index is 936. The molecule has 4 nitrogen and oxygen atoms in total. The van der Waals surface area contributed by atoms with Gasteiger partial charge in [0.05, 0.1) is 17.9 Å². The molecule has 0 aliphatic heterocycles. The largest absolute Gasteiger partial charge is 0.319 e. The van der Waals surface area contributed by atoms with E-state index in [1.807, 2.05) is 36.7 Å². The first kappa shape index (κ1) is 17.4. The molecule has 0 fully saturated rings. The summed E-state index contributed by atoms with van der Waals surface area (Å²) in [4.78, 5) is 12.4. The number of nitrogens with one attached hydrogen (secondary N) is 1. The summed E-state index contributed by atoms with van der Waals surface area (Å²) >= 11 is 3.20. The summed E-state index contributed by atoms with van der Waals surface area (Å²) in [6, 6.07) is 13.8. The second-order valence-corrected chi connectivity index (χ2v) is 6.78. The Hall–Kier alpha value is -2.47. The Morgan fingerprint density at radius 2 is 2.00 bits per heavy atom. The van der Waals surface area contributed by atoms with E-state index < -0.39 is 5.82 Å². The van der Waals surface area contributed by atoms with Crippen LogP contribution in [0.3, 0.4) is 0 Å². The van der Waals surface area contributed by atoms with Crippen molar-refractivity contribution in [1.29, 1.82) is 0 Å². The maximum Gasteiger partial charge on any atom is 0.255 e. The maximum atomic E-state index is 13.9. The second kappa shape index (κ2) is 7.19. The Kier molecular flexibility index (Phi) is 4.99. The number of nitrogens with zero attached hydrogens (tertiary/aromatic N) is 2. The molecule has 0 unspecified atom stereocenters. The first-order valence-corrected chi connectivity index (χ1v) is 8.58. The number of carbonyl (C=O) groups excluding carboxylic acids is 1. The molecule has 0 saturated carbocycles. The van der Waals surface area contributed by atoms with Crippen LogP contribution >= 0.6 is 15.9 Å². The van der Waals surface area contributed by atoms with Crippen molar-refractivity contribution < 1.29 is 9.18 Å². The van der Waals surface area contributed by atoms with Gasteiger partial charge in [-0.15, -0.1) is 0 Å². The number of hydrogen-bond acceptors (Lipinski definition) is 2. The van der Waals surface area contributed by atoms with E-state index in [9.17, 15) is 9.18 Å². The van der Waals surface area contributed by atoms with Crippen LogP contribution in [0.25, 0.3) is 0 Å². The van der Waals surface area contributed by atoms with Crippen LogP contribution in [0.4, 0.5) is 10.1 Å². The van der Waals surface area contributed by atoms with Gasteiger partial charge in [0.2, 0.25) is 0 Å². The molecule has 1 amide bonds. The van der Waals surface area contributed by atoms with Crippen molar-refractivity contribution in [2.75, 3.05) is 5.32 Å². The molecule has 2 aromatic carbocycles. The smallest absolute Gasteiger partial charge is 0.255 e. The summed E-state index contributed by atoms with van der Waals surface area (Å²) in [5, 5.41) is 7.03. The molecule has 0 aliphatic carbocycles. The molecule has 128 valence electrons. The summed E-state index contributed by atoms with van der Waals surface area (Å²) in [6.45, 7) is 4.51. The van der Waals surface area contributed by atoms with E-state index in [0.717, 1.165) is 17.0 Å². The van der Waals surface area contributed by atoms with Gasteiger partial charge >= 0.3 is 0 Å². The van der Waals surface area contributed by atoms with Gasteiger partial charge in [0.15, 0.2) is 0 Å². The van der Waals surface area contributed by atoms with E-state index >= 15 is 0 Å². The third-order valence-corrected chi connectivity index (χ3v) is 4.30. The molecule has 1 N–H and O–H groups in total. The molecule has 3 rings (SSSR count). The van der Waals surface area contributed by atoms with Gasteiger partial charge in [0.1, 0.15) is 5.82 Å². The normalized spacial score (nSPS) is 10.7. The number of halogens is 2. The van der Waals surface area contributed by atoms with Crippen LogP contribution in [-0.4, -0.2) is 15.7 Å². The predicted octanol–water partition coefficient (Wildman–Crippen LogP) is 4.70. The van der Waals surface area contributed by atoms with Gasteiger partial charge in [0.25, 0.3) is 5.91 Å². The van der Waals surface area contributed by atoms with Crippen LogP contribution in [-0.2, 0) is 6.54 Å². The van der Waals surface area contributed by atoms with Crippen LogP contribution in [0.15, 0.2) is 53.0 Å². The van der Waals surface area contributed by atoms with Crippen molar-refractivity contribution >= 4 is 27.5 Å². The highest BCUT2D eigenvalue weighted by atomic mass is 79.9. The van der Waals surface area contributed by atoms with Gasteiger partial charge < -0.3 is 5.32 Å². The predicted molar refractivity (Wildman–Crippen MR) is 99.3 cm³/mol. The summed E-state index contributed by atoms with van der Waals surface area (Å²) in [5.74, 6) is -0.835. The van der Waals surface area contributed by atoms with E-state index in [4.69, 9.17) is 0 Å². The lowest BCUT2D eigenvalue weighted by Crippen LogP contribution is -2.13. The highest BCUT2D eigenvalue weighted by Crippen LogP contribution is 2.20. The van der Waals surface area contributed by atoms with E-state index in [-0.39, 0.29) is 11.6 Å². The fourth-order valence-electron chi connectivity index (χ4n) is 2.60. The molecular formula is C19H17BrFN3O. The zero-order valence-corrected chi connectivity index (χ0v) is 15.5. The Labute approximate surface area is 153 Å². The fourth-order valence-corrected chi connectivity index (χ4v) is 2.94. The average Bonchev–Trinajstić information content (AvgIpc) is 2.87. The summed E-state index contributed by atoms with van der Waals surface area (Å²) < 4.78 is 16.4. The standard InChI is InChI=1S/C19H17BrFN3O/c1-12-8-13(2)24(23-12)11-14-4-3-5-15(9-14)19(25)22-18-7-6-16(20)10-17(18)21/h3-10H,11H2,1-2H3,(H,22,25). The van der Waals surface area contributed by atoms with Gasteiger partial charge in [-0.2, -0.15) is 5.10 Å². The van der Waals surface area contributed by atoms with Crippen LogP contribution < -0.4 is 5.32 Å². The van der Waals surface area contributed by atoms with Crippen molar-refractivity contribution in [1.82, 2.24) is 9.78 Å². The quantitative estimate of drug-likeness (QED) is 0.688. The number of aryl methyl sites for hydroxylation is 2. The van der Waals surface area contributed by atoms with E-state index in [1.54, 1.807) is 18.2 Å². The zero-order valence-electron chi connectivity index (χ0n) is 13.9. The molecule has 3 aromatic rings. The molecule has 0 aliphatic rings. The van der Waals surface area contributed by atoms with Crippen LogP contribution in [0, 0.1) is 19.7 Å². The lowest BCUT2D eigenvalue weighted by Gasteiger charge is -2.09. The van der Waals surface area contributed by atoms with Crippen molar-refractivity contribution in [3.05, 3.63) is 81.3 Å². The Balaban J connectivity index is 1.78. The van der Waals surface area contributed by atoms with Crippen LogP contribution in [0.5, 0.6) is 0 Å². The number of aromatic nitrogens is 2. The number of hydrogen-bond donors (Lipinski definition) is 1. The molecule has 1 aromatic heterocycles. The van der Waals surface area contributed by atoms with Crippen molar-refractivity contribution in [2.24, 2.45) is 0 Å². The molecule has 0 atom stereocenters. The van der Waals surface area contributed by atoms with Crippen molar-refractivity contribution in [3.8, 4) is 0 Å². The maximum absolute atomic E-state index is 13.9. The summed E-state index contributed by atoms with van der Waals surface area (Å²) in [6.07, 6.45) is 0. The van der Waals surface area contributed by atoms with Gasteiger partial charge in [-0.3, -0.25) is 9.48 Å². The van der Waals surface area contributed by atoms with Crippen molar-refractivity contribution in [2.45, 2.75) is 20.4 Å². The third kappa shape index (κ3) is 4.14. The number of carbonyl (C=O) groups is 1. The van der Waals surface area contributed by atoms with Gasteiger partial charge in [-0.1, -0.05) is 28.1 Å². The Morgan fingerprint density at radius 3 is 2.68 bits per heavy atom. The Morgan fingerprint density at radius 1 is 1.20 bits per heavy atom. The lowest BCUT2D eigenvalue weighted by atomic mass is 10.1. The third-order valence-electron chi connectivity index (χ3n) is 3.80. The van der Waals surface area contributed by atoms with Crippen molar-refractivity contribution in [3.63, 3.8) is 0 Å². The lowest BCUT2D eigenvalue weighted by molar-refractivity contribution is 0.102. The molecule has 6 heteroatoms. The fraction of sp³-hybridized carbons (Fsp3) is 0.158. The molecule has 0 radical (unpaired) electrons. The topological polar surface area (TPSA) is 46.9 Å². The van der Waals surface area contributed by atoms with E-state index in [2.05, 4.69) is 26.3 Å². The molecule has 0 bridgehead atoms. The van der Waals surface area contributed by atoms with Crippen LogP contribution in [0.2, 0.25) is 0 Å². The van der Waals surface area contributed by atoms with Gasteiger partial charge in [0, 0.05) is 15.7 Å². The monoisotopic (exact) mass is 401 g/mol. The van der Waals surface area contributed by atoms with Gasteiger partial charge in [-0.05, 0) is 55.8 Å². The first-order chi connectivity index (χ1) is 11.9. The van der Waals surface area contributed by atoms with Crippen LogP contribution in [0.1, 0.15) is 27.3 Å². The number of benzene rings is 2. The minimum Gasteiger partial charge on any atom is -0.319 e. The van der Waals surface area contributed by atoms with E-state index in [1.165, 1.54) is 12.1 Å². The first-order valence-electron chi connectivity index (χ1n) is 7.79. The average molecular weight is 402 g/mol. The highest BCUT2D eigenvalue weighted by Gasteiger charge is 2.11. The minimum absolute atomic E-state index is 0.150. The highest BCUT2D eigenvalue weighted by molar-refractivity contribution is 9.10. The van der Waals surface area contributed by atoms with Gasteiger partial charge in [-0.25, -0.2) is 4.39 Å². The molecule has 1 heterocycles.